The van der Waals surface area contributed by atoms with Crippen LogP contribution in [-0.4, -0.2) is 17.4 Å². The van der Waals surface area contributed by atoms with Crippen LogP contribution in [0.3, 0.4) is 0 Å². The number of amides is 1. The van der Waals surface area contributed by atoms with Gasteiger partial charge in [-0.3, -0.25) is 9.69 Å². The van der Waals surface area contributed by atoms with E-state index in [2.05, 4.69) is 4.98 Å². The number of nitrogens with zero attached hydrogens (tertiary/aromatic N) is 2. The lowest BCUT2D eigenvalue weighted by molar-refractivity contribution is -0.117. The lowest BCUT2D eigenvalue weighted by Crippen LogP contribution is -2.23. The van der Waals surface area contributed by atoms with Gasteiger partial charge in [-0.05, 0) is 6.42 Å². The normalized spacial score (nSPS) is 17.8. The van der Waals surface area contributed by atoms with E-state index in [4.69, 9.17) is 0 Å². The van der Waals surface area contributed by atoms with Gasteiger partial charge in [0.1, 0.15) is 5.82 Å². The van der Waals surface area contributed by atoms with Gasteiger partial charge in [-0.15, -0.1) is 11.3 Å². The fourth-order valence-electron chi connectivity index (χ4n) is 1.23. The Kier molecular flexibility index (Phi) is 1.62. The van der Waals surface area contributed by atoms with Gasteiger partial charge >= 0.3 is 0 Å². The molecule has 2 rings (SSSR count). The van der Waals surface area contributed by atoms with Gasteiger partial charge < -0.3 is 0 Å². The topological polar surface area (TPSA) is 33.2 Å². The summed E-state index contributed by atoms with van der Waals surface area (Å²) in [6.07, 6.45) is 1.65. The van der Waals surface area contributed by atoms with Gasteiger partial charge in [-0.1, -0.05) is 0 Å². The molecule has 11 heavy (non-hydrogen) atoms. The number of thiazole rings is 1. The standard InChI is InChI=1S/C7H8N2OS/c10-7-2-1-3-9(7)6-4-11-5-8-6/h4-5H,1-3H2. The number of hydrogen-bond donors (Lipinski definition) is 0. The highest BCUT2D eigenvalue weighted by molar-refractivity contribution is 7.07. The summed E-state index contributed by atoms with van der Waals surface area (Å²) < 4.78 is 0. The van der Waals surface area contributed by atoms with Crippen LogP contribution < -0.4 is 4.90 Å². The summed E-state index contributed by atoms with van der Waals surface area (Å²) in [6.45, 7) is 0.836. The molecule has 0 aliphatic carbocycles. The molecular weight excluding hydrogens is 160 g/mol. The van der Waals surface area contributed by atoms with Crippen LogP contribution in [0.1, 0.15) is 12.8 Å². The Morgan fingerprint density at radius 1 is 1.64 bits per heavy atom. The van der Waals surface area contributed by atoms with Crippen molar-refractivity contribution in [2.75, 3.05) is 11.4 Å². The Bertz CT molecular complexity index is 257. The van der Waals surface area contributed by atoms with Gasteiger partial charge in [0.15, 0.2) is 0 Å². The molecule has 0 radical (unpaired) electrons. The third-order valence-corrected chi connectivity index (χ3v) is 2.34. The first kappa shape index (κ1) is 6.79. The van der Waals surface area contributed by atoms with Crippen molar-refractivity contribution in [2.24, 2.45) is 0 Å². The monoisotopic (exact) mass is 168 g/mol. The number of rotatable bonds is 1. The molecule has 1 aromatic heterocycles. The molecule has 58 valence electrons. The summed E-state index contributed by atoms with van der Waals surface area (Å²) in [5.74, 6) is 1.02. The van der Waals surface area contributed by atoms with E-state index in [1.54, 1.807) is 10.4 Å². The van der Waals surface area contributed by atoms with Gasteiger partial charge in [-0.25, -0.2) is 4.98 Å². The second kappa shape index (κ2) is 2.62. The highest BCUT2D eigenvalue weighted by Gasteiger charge is 2.22. The summed E-state index contributed by atoms with van der Waals surface area (Å²) in [7, 11) is 0. The summed E-state index contributed by atoms with van der Waals surface area (Å²) in [6, 6.07) is 0. The molecular formula is C7H8N2OS. The molecule has 0 aromatic carbocycles. The van der Waals surface area contributed by atoms with Gasteiger partial charge in [0.25, 0.3) is 0 Å². The molecule has 4 heteroatoms. The minimum absolute atomic E-state index is 0.205. The van der Waals surface area contributed by atoms with Gasteiger partial charge in [-0.2, -0.15) is 0 Å². The SMILES string of the molecule is O=C1CCCN1c1cscn1. The van der Waals surface area contributed by atoms with Crippen LogP contribution >= 0.6 is 11.3 Å². The maximum atomic E-state index is 11.2. The molecule has 1 aliphatic heterocycles. The predicted octanol–water partition coefficient (Wildman–Crippen LogP) is 1.27. The number of carbonyl (C=O) groups excluding carboxylic acids is 1. The average molecular weight is 168 g/mol. The highest BCUT2D eigenvalue weighted by atomic mass is 32.1. The lowest BCUT2D eigenvalue weighted by Gasteiger charge is -2.10. The predicted molar refractivity (Wildman–Crippen MR) is 43.7 cm³/mol. The molecule has 0 bridgehead atoms. The van der Waals surface area contributed by atoms with Crippen molar-refractivity contribution in [3.63, 3.8) is 0 Å². The van der Waals surface area contributed by atoms with E-state index in [1.165, 1.54) is 11.3 Å². The van der Waals surface area contributed by atoms with Crippen molar-refractivity contribution in [3.8, 4) is 0 Å². The van der Waals surface area contributed by atoms with Gasteiger partial charge in [0.05, 0.1) is 5.51 Å². The summed E-state index contributed by atoms with van der Waals surface area (Å²) in [5.41, 5.74) is 1.75. The molecule has 3 nitrogen and oxygen atoms in total. The van der Waals surface area contributed by atoms with Crippen LogP contribution in [0.4, 0.5) is 5.82 Å². The van der Waals surface area contributed by atoms with E-state index in [0.717, 1.165) is 18.8 Å². The number of aromatic nitrogens is 1. The first-order chi connectivity index (χ1) is 5.38. The van der Waals surface area contributed by atoms with Crippen LogP contribution in [0.15, 0.2) is 10.9 Å². The van der Waals surface area contributed by atoms with Crippen LogP contribution in [0, 0.1) is 0 Å². The average Bonchev–Trinajstić information content (AvgIpc) is 2.55. The van der Waals surface area contributed by atoms with Crippen molar-refractivity contribution in [2.45, 2.75) is 12.8 Å². The Balaban J connectivity index is 2.23. The van der Waals surface area contributed by atoms with Crippen molar-refractivity contribution >= 4 is 23.1 Å². The second-order valence-corrected chi connectivity index (χ2v) is 3.21. The summed E-state index contributed by atoms with van der Waals surface area (Å²) >= 11 is 1.52. The Morgan fingerprint density at radius 3 is 3.09 bits per heavy atom. The van der Waals surface area contributed by atoms with Crippen LogP contribution in [-0.2, 0) is 4.79 Å². The van der Waals surface area contributed by atoms with E-state index in [9.17, 15) is 4.79 Å². The van der Waals surface area contributed by atoms with E-state index < -0.39 is 0 Å². The molecule has 1 saturated heterocycles. The Morgan fingerprint density at radius 2 is 2.55 bits per heavy atom. The molecule has 0 N–H and O–H groups in total. The van der Waals surface area contributed by atoms with Crippen LogP contribution in [0.25, 0.3) is 0 Å². The van der Waals surface area contributed by atoms with Crippen molar-refractivity contribution in [1.29, 1.82) is 0 Å². The molecule has 2 heterocycles. The number of carbonyl (C=O) groups is 1. The third kappa shape index (κ3) is 1.14. The summed E-state index contributed by atoms with van der Waals surface area (Å²) in [5, 5.41) is 1.91. The fourth-order valence-corrected chi connectivity index (χ4v) is 1.77. The largest absolute Gasteiger partial charge is 0.296 e. The first-order valence-electron chi connectivity index (χ1n) is 3.56. The zero-order chi connectivity index (χ0) is 7.68. The maximum absolute atomic E-state index is 11.2. The second-order valence-electron chi connectivity index (χ2n) is 2.50. The van der Waals surface area contributed by atoms with Crippen LogP contribution in [0.2, 0.25) is 0 Å². The van der Waals surface area contributed by atoms with Crippen molar-refractivity contribution in [1.82, 2.24) is 4.98 Å². The number of anilines is 1. The third-order valence-electron chi connectivity index (χ3n) is 1.77. The molecule has 1 aromatic rings. The first-order valence-corrected chi connectivity index (χ1v) is 4.51. The van der Waals surface area contributed by atoms with Gasteiger partial charge in [0.2, 0.25) is 5.91 Å². The zero-order valence-electron chi connectivity index (χ0n) is 5.99. The highest BCUT2D eigenvalue weighted by Crippen LogP contribution is 2.20. The molecule has 1 fully saturated rings. The molecule has 0 saturated carbocycles. The van der Waals surface area contributed by atoms with E-state index in [-0.39, 0.29) is 5.91 Å². The molecule has 1 aliphatic rings. The van der Waals surface area contributed by atoms with E-state index in [0.29, 0.717) is 6.42 Å². The Hall–Kier alpha value is -0.900. The zero-order valence-corrected chi connectivity index (χ0v) is 6.80. The van der Waals surface area contributed by atoms with Crippen molar-refractivity contribution in [3.05, 3.63) is 10.9 Å². The van der Waals surface area contributed by atoms with E-state index >= 15 is 0 Å². The van der Waals surface area contributed by atoms with E-state index in [1.807, 2.05) is 5.38 Å². The molecule has 0 unspecified atom stereocenters. The maximum Gasteiger partial charge on any atom is 0.228 e. The molecule has 1 amide bonds. The lowest BCUT2D eigenvalue weighted by atomic mass is 10.4. The van der Waals surface area contributed by atoms with Crippen LogP contribution in [0.5, 0.6) is 0 Å². The minimum Gasteiger partial charge on any atom is -0.296 e. The molecule has 0 spiro atoms. The van der Waals surface area contributed by atoms with Gasteiger partial charge in [0, 0.05) is 18.3 Å². The summed E-state index contributed by atoms with van der Waals surface area (Å²) in [4.78, 5) is 17.0. The fraction of sp³-hybridized carbons (Fsp3) is 0.429. The molecule has 0 atom stereocenters. The quantitative estimate of drug-likeness (QED) is 0.632. The van der Waals surface area contributed by atoms with Crippen molar-refractivity contribution < 1.29 is 4.79 Å². The Labute approximate surface area is 68.7 Å². The minimum atomic E-state index is 0.205. The smallest absolute Gasteiger partial charge is 0.228 e. The number of hydrogen-bond acceptors (Lipinski definition) is 3.